The molecule has 0 atom stereocenters. The van der Waals surface area contributed by atoms with Crippen LogP contribution in [-0.4, -0.2) is 9.97 Å². The number of aryl methyl sites for hydroxylation is 1. The van der Waals surface area contributed by atoms with Gasteiger partial charge in [0.15, 0.2) is 5.69 Å². The maximum absolute atomic E-state index is 11.3. The minimum absolute atomic E-state index is 0.0184. The smallest absolute Gasteiger partial charge is 0.277 e. The van der Waals surface area contributed by atoms with Crippen molar-refractivity contribution in [3.63, 3.8) is 0 Å². The van der Waals surface area contributed by atoms with Gasteiger partial charge < -0.3 is 15.5 Å². The Morgan fingerprint density at radius 1 is 1.33 bits per heavy atom. The average Bonchev–Trinajstić information content (AvgIpc) is 2.38. The summed E-state index contributed by atoms with van der Waals surface area (Å²) in [6, 6.07) is 7.66. The van der Waals surface area contributed by atoms with E-state index in [1.54, 1.807) is 0 Å². The number of aromatic nitrogens is 2. The van der Waals surface area contributed by atoms with Crippen molar-refractivity contribution in [1.82, 2.24) is 9.97 Å². The highest BCUT2D eigenvalue weighted by atomic mass is 16.5. The summed E-state index contributed by atoms with van der Waals surface area (Å²) in [6.07, 6.45) is 3.40. The Bertz CT molecular complexity index is 576. The number of nitrogens with one attached hydrogen (secondary N) is 1. The van der Waals surface area contributed by atoms with Gasteiger partial charge in [0.25, 0.3) is 5.56 Å². The van der Waals surface area contributed by atoms with E-state index in [4.69, 9.17) is 10.5 Å². The summed E-state index contributed by atoms with van der Waals surface area (Å²) in [7, 11) is 0. The Morgan fingerprint density at radius 3 is 2.72 bits per heavy atom. The molecular weight excluding hydrogens is 230 g/mol. The van der Waals surface area contributed by atoms with Crippen LogP contribution in [0.3, 0.4) is 0 Å². The molecule has 0 aliphatic rings. The fourth-order valence-electron chi connectivity index (χ4n) is 1.60. The van der Waals surface area contributed by atoms with Gasteiger partial charge in [-0.25, -0.2) is 4.98 Å². The van der Waals surface area contributed by atoms with Gasteiger partial charge in [0.2, 0.25) is 5.88 Å². The minimum Gasteiger partial charge on any atom is -0.437 e. The van der Waals surface area contributed by atoms with Crippen LogP contribution in [-0.2, 0) is 6.42 Å². The fraction of sp³-hybridized carbons (Fsp3) is 0.231. The van der Waals surface area contributed by atoms with Gasteiger partial charge in [-0.05, 0) is 24.1 Å². The van der Waals surface area contributed by atoms with E-state index in [0.717, 1.165) is 12.8 Å². The van der Waals surface area contributed by atoms with Crippen LogP contribution in [0.1, 0.15) is 18.9 Å². The highest BCUT2D eigenvalue weighted by Crippen LogP contribution is 2.22. The quantitative estimate of drug-likeness (QED) is 0.864. The van der Waals surface area contributed by atoms with E-state index in [2.05, 4.69) is 16.9 Å². The van der Waals surface area contributed by atoms with Crippen molar-refractivity contribution < 1.29 is 4.74 Å². The maximum atomic E-state index is 11.3. The SMILES string of the molecule is CCCc1ccc(Oc2nc[nH]c(=O)c2N)cc1. The summed E-state index contributed by atoms with van der Waals surface area (Å²) >= 11 is 0. The summed E-state index contributed by atoms with van der Waals surface area (Å²) in [5.74, 6) is 0.738. The third-order valence-corrected chi connectivity index (χ3v) is 2.53. The molecule has 0 radical (unpaired) electrons. The molecule has 1 aromatic heterocycles. The van der Waals surface area contributed by atoms with E-state index in [0.29, 0.717) is 5.75 Å². The predicted octanol–water partition coefficient (Wildman–Crippen LogP) is 2.10. The molecule has 1 aromatic carbocycles. The van der Waals surface area contributed by atoms with Gasteiger partial charge in [-0.2, -0.15) is 0 Å². The molecule has 0 spiro atoms. The topological polar surface area (TPSA) is 81.0 Å². The summed E-state index contributed by atoms with van der Waals surface area (Å²) in [5, 5.41) is 0. The van der Waals surface area contributed by atoms with Crippen LogP contribution in [0.4, 0.5) is 5.69 Å². The van der Waals surface area contributed by atoms with Crippen LogP contribution in [0.2, 0.25) is 0 Å². The molecule has 0 saturated carbocycles. The number of hydrogen-bond acceptors (Lipinski definition) is 4. The first-order valence-corrected chi connectivity index (χ1v) is 5.80. The van der Waals surface area contributed by atoms with E-state index < -0.39 is 5.56 Å². The van der Waals surface area contributed by atoms with Gasteiger partial charge in [0, 0.05) is 0 Å². The molecular formula is C13H15N3O2. The van der Waals surface area contributed by atoms with Crippen molar-refractivity contribution in [2.75, 3.05) is 5.73 Å². The molecule has 5 heteroatoms. The normalized spacial score (nSPS) is 10.3. The molecule has 2 aromatic rings. The number of aromatic amines is 1. The van der Waals surface area contributed by atoms with E-state index in [-0.39, 0.29) is 11.6 Å². The number of anilines is 1. The second-order valence-corrected chi connectivity index (χ2v) is 3.95. The van der Waals surface area contributed by atoms with Crippen LogP contribution in [0, 0.1) is 0 Å². The monoisotopic (exact) mass is 245 g/mol. The Balaban J connectivity index is 2.18. The van der Waals surface area contributed by atoms with Crippen LogP contribution in [0.25, 0.3) is 0 Å². The largest absolute Gasteiger partial charge is 0.437 e. The van der Waals surface area contributed by atoms with E-state index in [1.165, 1.54) is 11.9 Å². The molecule has 0 fully saturated rings. The second-order valence-electron chi connectivity index (χ2n) is 3.95. The molecule has 0 unspecified atom stereocenters. The Labute approximate surface area is 105 Å². The lowest BCUT2D eigenvalue weighted by Gasteiger charge is -2.06. The van der Waals surface area contributed by atoms with Gasteiger partial charge >= 0.3 is 0 Å². The molecule has 0 saturated heterocycles. The number of nitrogen functional groups attached to an aromatic ring is 1. The average molecular weight is 245 g/mol. The van der Waals surface area contributed by atoms with Crippen molar-refractivity contribution >= 4 is 5.69 Å². The number of H-pyrrole nitrogens is 1. The van der Waals surface area contributed by atoms with Crippen LogP contribution < -0.4 is 16.0 Å². The molecule has 3 N–H and O–H groups in total. The number of nitrogens with two attached hydrogens (primary N) is 1. The second kappa shape index (κ2) is 5.35. The number of nitrogens with zero attached hydrogens (tertiary/aromatic N) is 1. The summed E-state index contributed by atoms with van der Waals surface area (Å²) in [4.78, 5) is 17.5. The van der Waals surface area contributed by atoms with Gasteiger partial charge in [-0.3, -0.25) is 4.79 Å². The van der Waals surface area contributed by atoms with Crippen molar-refractivity contribution in [2.45, 2.75) is 19.8 Å². The van der Waals surface area contributed by atoms with Crippen LogP contribution in [0.5, 0.6) is 11.6 Å². The Morgan fingerprint density at radius 2 is 2.06 bits per heavy atom. The highest BCUT2D eigenvalue weighted by molar-refractivity contribution is 5.47. The molecule has 94 valence electrons. The first kappa shape index (κ1) is 12.2. The zero-order chi connectivity index (χ0) is 13.0. The zero-order valence-electron chi connectivity index (χ0n) is 10.1. The molecule has 0 aliphatic heterocycles. The van der Waals surface area contributed by atoms with Crippen molar-refractivity contribution in [3.8, 4) is 11.6 Å². The number of rotatable bonds is 4. The Kier molecular flexibility index (Phi) is 3.62. The predicted molar refractivity (Wildman–Crippen MR) is 69.8 cm³/mol. The third-order valence-electron chi connectivity index (χ3n) is 2.53. The molecule has 1 heterocycles. The van der Waals surface area contributed by atoms with E-state index >= 15 is 0 Å². The van der Waals surface area contributed by atoms with E-state index in [1.807, 2.05) is 24.3 Å². The first-order chi connectivity index (χ1) is 8.70. The summed E-state index contributed by atoms with van der Waals surface area (Å²) in [6.45, 7) is 2.13. The van der Waals surface area contributed by atoms with Crippen LogP contribution >= 0.6 is 0 Å². The Hall–Kier alpha value is -2.30. The van der Waals surface area contributed by atoms with Crippen molar-refractivity contribution in [2.24, 2.45) is 0 Å². The highest BCUT2D eigenvalue weighted by Gasteiger charge is 2.06. The molecule has 5 nitrogen and oxygen atoms in total. The molecule has 2 rings (SSSR count). The van der Waals surface area contributed by atoms with Crippen molar-refractivity contribution in [3.05, 3.63) is 46.5 Å². The number of benzene rings is 1. The molecule has 0 amide bonds. The standard InChI is InChI=1S/C13H15N3O2/c1-2-3-9-4-6-10(7-5-9)18-13-11(14)12(17)15-8-16-13/h4-8H,2-3,14H2,1H3,(H,15,16,17). The molecule has 0 aliphatic carbocycles. The summed E-state index contributed by atoms with van der Waals surface area (Å²) < 4.78 is 5.47. The zero-order valence-corrected chi connectivity index (χ0v) is 10.1. The van der Waals surface area contributed by atoms with Gasteiger partial charge in [0.05, 0.1) is 6.33 Å². The van der Waals surface area contributed by atoms with Gasteiger partial charge in [-0.15, -0.1) is 0 Å². The van der Waals surface area contributed by atoms with Gasteiger partial charge in [0.1, 0.15) is 5.75 Å². The number of hydrogen-bond donors (Lipinski definition) is 2. The van der Waals surface area contributed by atoms with Crippen molar-refractivity contribution in [1.29, 1.82) is 0 Å². The molecule has 0 bridgehead atoms. The lowest BCUT2D eigenvalue weighted by Crippen LogP contribution is -2.13. The maximum Gasteiger partial charge on any atom is 0.277 e. The summed E-state index contributed by atoms with van der Waals surface area (Å²) in [5.41, 5.74) is 6.40. The fourth-order valence-corrected chi connectivity index (χ4v) is 1.60. The first-order valence-electron chi connectivity index (χ1n) is 5.80. The minimum atomic E-state index is -0.400. The molecule has 18 heavy (non-hydrogen) atoms. The van der Waals surface area contributed by atoms with Gasteiger partial charge in [-0.1, -0.05) is 25.5 Å². The third kappa shape index (κ3) is 2.68. The lowest BCUT2D eigenvalue weighted by atomic mass is 10.1. The van der Waals surface area contributed by atoms with E-state index in [9.17, 15) is 4.79 Å². The number of ether oxygens (including phenoxy) is 1. The lowest BCUT2D eigenvalue weighted by molar-refractivity contribution is 0.463. The van der Waals surface area contributed by atoms with Crippen LogP contribution in [0.15, 0.2) is 35.4 Å².